The van der Waals surface area contributed by atoms with Gasteiger partial charge in [-0.1, -0.05) is 30.3 Å². The van der Waals surface area contributed by atoms with Crippen molar-refractivity contribution in [2.75, 3.05) is 19.6 Å². The van der Waals surface area contributed by atoms with Crippen LogP contribution in [0.25, 0.3) is 0 Å². The minimum Gasteiger partial charge on any atom is -0.316 e. The van der Waals surface area contributed by atoms with E-state index in [1.54, 1.807) is 0 Å². The van der Waals surface area contributed by atoms with Gasteiger partial charge in [-0.25, -0.2) is 0 Å². The van der Waals surface area contributed by atoms with Crippen LogP contribution in [-0.2, 0) is 6.54 Å². The average molecular weight is 202 g/mol. The number of piperidine rings is 1. The Kier molecular flexibility index (Phi) is 2.47. The van der Waals surface area contributed by atoms with Gasteiger partial charge in [0.05, 0.1) is 0 Å². The Morgan fingerprint density at radius 3 is 2.93 bits per heavy atom. The maximum Gasteiger partial charge on any atom is 0.0236 e. The number of nitrogens with one attached hydrogen (secondary N) is 1. The fraction of sp³-hybridized carbons (Fsp3) is 0.538. The van der Waals surface area contributed by atoms with E-state index in [0.717, 1.165) is 18.5 Å². The smallest absolute Gasteiger partial charge is 0.0236 e. The molecular weight excluding hydrogens is 184 g/mol. The summed E-state index contributed by atoms with van der Waals surface area (Å²) in [5.74, 6) is 0.919. The van der Waals surface area contributed by atoms with Gasteiger partial charge in [-0.05, 0) is 24.4 Å². The predicted octanol–water partition coefficient (Wildman–Crippen LogP) is 1.48. The summed E-state index contributed by atoms with van der Waals surface area (Å²) in [6.07, 6.45) is 1.33. The van der Waals surface area contributed by atoms with Crippen LogP contribution < -0.4 is 5.32 Å². The highest BCUT2D eigenvalue weighted by molar-refractivity contribution is 5.15. The molecule has 0 bridgehead atoms. The fourth-order valence-electron chi connectivity index (χ4n) is 2.87. The summed E-state index contributed by atoms with van der Waals surface area (Å²) in [5.41, 5.74) is 1.45. The number of benzene rings is 1. The monoisotopic (exact) mass is 202 g/mol. The van der Waals surface area contributed by atoms with Gasteiger partial charge in [0, 0.05) is 25.7 Å². The molecule has 3 rings (SSSR count). The van der Waals surface area contributed by atoms with E-state index in [4.69, 9.17) is 0 Å². The van der Waals surface area contributed by atoms with Crippen molar-refractivity contribution in [3.8, 4) is 0 Å². The number of likely N-dealkylation sites (tertiary alicyclic amines) is 1. The summed E-state index contributed by atoms with van der Waals surface area (Å²) in [6, 6.07) is 11.7. The highest BCUT2D eigenvalue weighted by Gasteiger charge is 2.39. The Bertz CT molecular complexity index is 323. The summed E-state index contributed by atoms with van der Waals surface area (Å²) in [4.78, 5) is 2.63. The zero-order chi connectivity index (χ0) is 10.1. The predicted molar refractivity (Wildman–Crippen MR) is 61.6 cm³/mol. The molecule has 1 aromatic rings. The van der Waals surface area contributed by atoms with Gasteiger partial charge in [0.25, 0.3) is 0 Å². The van der Waals surface area contributed by atoms with Crippen molar-refractivity contribution < 1.29 is 0 Å². The fourth-order valence-corrected chi connectivity index (χ4v) is 2.87. The van der Waals surface area contributed by atoms with Gasteiger partial charge in [0.15, 0.2) is 0 Å². The molecule has 2 saturated heterocycles. The van der Waals surface area contributed by atoms with E-state index in [2.05, 4.69) is 40.5 Å². The standard InChI is InChI=1S/C13H18N2/c1-2-4-11(5-3-1)9-15-10-12-8-14-7-6-13(12)15/h1-5,12-14H,6-10H2/t12-,13-/m1/s1. The first kappa shape index (κ1) is 9.37. The van der Waals surface area contributed by atoms with Gasteiger partial charge in [0.2, 0.25) is 0 Å². The molecule has 0 aliphatic carbocycles. The van der Waals surface area contributed by atoms with Gasteiger partial charge in [-0.15, -0.1) is 0 Å². The normalized spacial score (nSPS) is 30.7. The summed E-state index contributed by atoms with van der Waals surface area (Å²) in [6.45, 7) is 4.86. The van der Waals surface area contributed by atoms with E-state index in [9.17, 15) is 0 Å². The first-order valence-electron chi connectivity index (χ1n) is 5.92. The Morgan fingerprint density at radius 1 is 1.27 bits per heavy atom. The zero-order valence-corrected chi connectivity index (χ0v) is 9.02. The van der Waals surface area contributed by atoms with Gasteiger partial charge >= 0.3 is 0 Å². The van der Waals surface area contributed by atoms with Crippen molar-refractivity contribution >= 4 is 0 Å². The second-order valence-electron chi connectivity index (χ2n) is 4.74. The second-order valence-corrected chi connectivity index (χ2v) is 4.74. The Hall–Kier alpha value is -0.860. The van der Waals surface area contributed by atoms with E-state index in [1.807, 2.05) is 0 Å². The van der Waals surface area contributed by atoms with Crippen LogP contribution in [0.2, 0.25) is 0 Å². The van der Waals surface area contributed by atoms with Gasteiger partial charge < -0.3 is 5.32 Å². The Morgan fingerprint density at radius 2 is 2.13 bits per heavy atom. The molecule has 0 saturated carbocycles. The molecule has 1 N–H and O–H groups in total. The molecule has 2 aliphatic heterocycles. The third-order valence-corrected chi connectivity index (χ3v) is 3.73. The van der Waals surface area contributed by atoms with Crippen LogP contribution in [0.5, 0.6) is 0 Å². The third-order valence-electron chi connectivity index (χ3n) is 3.73. The molecule has 15 heavy (non-hydrogen) atoms. The first-order valence-corrected chi connectivity index (χ1v) is 5.92. The second kappa shape index (κ2) is 3.95. The van der Waals surface area contributed by atoms with Crippen LogP contribution >= 0.6 is 0 Å². The van der Waals surface area contributed by atoms with E-state index in [0.29, 0.717) is 0 Å². The molecule has 2 aliphatic rings. The molecule has 2 heteroatoms. The third kappa shape index (κ3) is 1.80. The molecule has 0 radical (unpaired) electrons. The van der Waals surface area contributed by atoms with Crippen molar-refractivity contribution in [2.24, 2.45) is 5.92 Å². The molecule has 2 atom stereocenters. The van der Waals surface area contributed by atoms with E-state index in [1.165, 1.54) is 31.6 Å². The highest BCUT2D eigenvalue weighted by atomic mass is 15.2. The van der Waals surface area contributed by atoms with Gasteiger partial charge in [-0.2, -0.15) is 0 Å². The lowest BCUT2D eigenvalue weighted by Crippen LogP contribution is -2.62. The highest BCUT2D eigenvalue weighted by Crippen LogP contribution is 2.30. The van der Waals surface area contributed by atoms with Crippen LogP contribution in [0, 0.1) is 5.92 Å². The van der Waals surface area contributed by atoms with Gasteiger partial charge in [0.1, 0.15) is 0 Å². The van der Waals surface area contributed by atoms with Gasteiger partial charge in [-0.3, -0.25) is 4.90 Å². The number of nitrogens with zero attached hydrogens (tertiary/aromatic N) is 1. The van der Waals surface area contributed by atoms with Crippen LogP contribution in [-0.4, -0.2) is 30.6 Å². The summed E-state index contributed by atoms with van der Waals surface area (Å²) < 4.78 is 0. The van der Waals surface area contributed by atoms with Crippen molar-refractivity contribution in [1.82, 2.24) is 10.2 Å². The first-order chi connectivity index (χ1) is 7.43. The van der Waals surface area contributed by atoms with Crippen LogP contribution in [0.15, 0.2) is 30.3 Å². The summed E-state index contributed by atoms with van der Waals surface area (Å²) in [5, 5.41) is 3.47. The molecule has 0 spiro atoms. The lowest BCUT2D eigenvalue weighted by atomic mass is 9.83. The topological polar surface area (TPSA) is 15.3 Å². The van der Waals surface area contributed by atoms with E-state index in [-0.39, 0.29) is 0 Å². The molecule has 0 unspecified atom stereocenters. The van der Waals surface area contributed by atoms with Crippen LogP contribution in [0.4, 0.5) is 0 Å². The Labute approximate surface area is 91.3 Å². The molecule has 2 fully saturated rings. The zero-order valence-electron chi connectivity index (χ0n) is 9.02. The molecular formula is C13H18N2. The minimum atomic E-state index is 0.853. The van der Waals surface area contributed by atoms with Crippen molar-refractivity contribution in [2.45, 2.75) is 19.0 Å². The molecule has 80 valence electrons. The number of hydrogen-bond donors (Lipinski definition) is 1. The average Bonchev–Trinajstić information content (AvgIpc) is 2.27. The summed E-state index contributed by atoms with van der Waals surface area (Å²) >= 11 is 0. The largest absolute Gasteiger partial charge is 0.316 e. The van der Waals surface area contributed by atoms with Crippen molar-refractivity contribution in [3.05, 3.63) is 35.9 Å². The molecule has 2 nitrogen and oxygen atoms in total. The molecule has 0 amide bonds. The lowest BCUT2D eigenvalue weighted by molar-refractivity contribution is -0.0121. The number of fused-ring (bicyclic) bond motifs is 1. The molecule has 1 aromatic carbocycles. The number of hydrogen-bond acceptors (Lipinski definition) is 2. The Balaban J connectivity index is 1.61. The summed E-state index contributed by atoms with van der Waals surface area (Å²) in [7, 11) is 0. The van der Waals surface area contributed by atoms with Crippen LogP contribution in [0.3, 0.4) is 0 Å². The minimum absolute atomic E-state index is 0.853. The molecule has 2 heterocycles. The van der Waals surface area contributed by atoms with E-state index < -0.39 is 0 Å². The van der Waals surface area contributed by atoms with Crippen molar-refractivity contribution in [3.63, 3.8) is 0 Å². The number of rotatable bonds is 2. The molecule has 0 aromatic heterocycles. The quantitative estimate of drug-likeness (QED) is 0.781. The van der Waals surface area contributed by atoms with E-state index >= 15 is 0 Å². The van der Waals surface area contributed by atoms with Crippen LogP contribution in [0.1, 0.15) is 12.0 Å². The lowest BCUT2D eigenvalue weighted by Gasteiger charge is -2.51. The van der Waals surface area contributed by atoms with Crippen molar-refractivity contribution in [1.29, 1.82) is 0 Å². The SMILES string of the molecule is c1ccc(CN2C[C@H]3CNCC[C@H]32)cc1. The maximum absolute atomic E-state index is 3.47. The maximum atomic E-state index is 3.47.